The smallest absolute Gasteiger partial charge is 0.254 e. The van der Waals surface area contributed by atoms with Crippen molar-refractivity contribution in [3.63, 3.8) is 0 Å². The number of aliphatic hydroxyl groups excluding tert-OH is 1. The fraction of sp³-hybridized carbons (Fsp3) is 0.294. The van der Waals surface area contributed by atoms with E-state index in [2.05, 4.69) is 10.3 Å². The molecular weight excluding hydrogens is 319 g/mol. The molecule has 0 spiro atoms. The van der Waals surface area contributed by atoms with Gasteiger partial charge < -0.3 is 10.4 Å². The quantitative estimate of drug-likeness (QED) is 0.882. The lowest BCUT2D eigenvalue weighted by molar-refractivity contribution is 0.0940. The van der Waals surface area contributed by atoms with Crippen LogP contribution in [0.15, 0.2) is 24.3 Å². The molecule has 120 valence electrons. The van der Waals surface area contributed by atoms with E-state index in [0.29, 0.717) is 22.5 Å². The van der Waals surface area contributed by atoms with E-state index in [1.54, 1.807) is 13.0 Å². The van der Waals surface area contributed by atoms with Gasteiger partial charge in [0.1, 0.15) is 5.82 Å². The largest absolute Gasteiger partial charge is 0.387 e. The van der Waals surface area contributed by atoms with Crippen molar-refractivity contribution < 1.29 is 14.3 Å². The van der Waals surface area contributed by atoms with Gasteiger partial charge in [0, 0.05) is 5.56 Å². The molecule has 1 atom stereocenters. The number of rotatable bonds is 2. The summed E-state index contributed by atoms with van der Waals surface area (Å²) in [6.07, 6.45) is -0.790. The molecule has 1 aromatic carbocycles. The molecule has 1 aromatic heterocycles. The summed E-state index contributed by atoms with van der Waals surface area (Å²) in [5, 5.41) is 12.8. The molecule has 0 bridgehead atoms. The van der Waals surface area contributed by atoms with Crippen molar-refractivity contribution >= 4 is 17.5 Å². The Bertz CT molecular complexity index is 818. The number of benzene rings is 1. The van der Waals surface area contributed by atoms with Gasteiger partial charge in [0.2, 0.25) is 0 Å². The Kier molecular flexibility index (Phi) is 3.65. The third-order valence-electron chi connectivity index (χ3n) is 3.99. The molecule has 1 aliphatic rings. The highest BCUT2D eigenvalue weighted by molar-refractivity contribution is 6.31. The second-order valence-corrected chi connectivity index (χ2v) is 6.61. The van der Waals surface area contributed by atoms with Gasteiger partial charge in [-0.3, -0.25) is 4.79 Å². The highest BCUT2D eigenvalue weighted by atomic mass is 35.5. The van der Waals surface area contributed by atoms with Gasteiger partial charge in [0.15, 0.2) is 0 Å². The lowest BCUT2D eigenvalue weighted by Gasteiger charge is -2.20. The van der Waals surface area contributed by atoms with Crippen molar-refractivity contribution in [2.24, 2.45) is 0 Å². The van der Waals surface area contributed by atoms with E-state index < -0.39 is 17.5 Å². The molecule has 0 radical (unpaired) electrons. The first-order valence-electron chi connectivity index (χ1n) is 7.22. The van der Waals surface area contributed by atoms with E-state index in [4.69, 9.17) is 11.6 Å². The average molecular weight is 335 g/mol. The third kappa shape index (κ3) is 2.60. The van der Waals surface area contributed by atoms with Crippen LogP contribution in [0.4, 0.5) is 4.39 Å². The number of pyridine rings is 1. The SMILES string of the molecule is CC(O)c1cc2c(c(-c3ccc(F)c(Cl)c3)n1)C(=O)NC2(C)C. The minimum Gasteiger partial charge on any atom is -0.387 e. The van der Waals surface area contributed by atoms with Gasteiger partial charge in [-0.15, -0.1) is 0 Å². The summed E-state index contributed by atoms with van der Waals surface area (Å²) in [4.78, 5) is 16.8. The number of aromatic nitrogens is 1. The van der Waals surface area contributed by atoms with Crippen LogP contribution in [-0.4, -0.2) is 16.0 Å². The van der Waals surface area contributed by atoms with E-state index in [1.165, 1.54) is 18.2 Å². The number of aliphatic hydroxyl groups is 1. The lowest BCUT2D eigenvalue weighted by Crippen LogP contribution is -2.32. The predicted octanol–water partition coefficient (Wildman–Crippen LogP) is 3.57. The molecule has 0 saturated carbocycles. The van der Waals surface area contributed by atoms with Crippen LogP contribution < -0.4 is 5.32 Å². The number of hydrogen-bond donors (Lipinski definition) is 2. The van der Waals surface area contributed by atoms with Crippen molar-refractivity contribution in [3.8, 4) is 11.3 Å². The Labute approximate surface area is 138 Å². The second-order valence-electron chi connectivity index (χ2n) is 6.20. The summed E-state index contributed by atoms with van der Waals surface area (Å²) in [6, 6.07) is 5.92. The third-order valence-corrected chi connectivity index (χ3v) is 4.28. The molecule has 1 unspecified atom stereocenters. The molecular formula is C17H16ClFN2O2. The van der Waals surface area contributed by atoms with Gasteiger partial charge in [0.05, 0.1) is 33.6 Å². The zero-order chi connectivity index (χ0) is 16.9. The first-order chi connectivity index (χ1) is 10.7. The van der Waals surface area contributed by atoms with Crippen LogP contribution in [0, 0.1) is 5.82 Å². The van der Waals surface area contributed by atoms with Crippen molar-refractivity contribution in [2.75, 3.05) is 0 Å². The van der Waals surface area contributed by atoms with E-state index >= 15 is 0 Å². The number of carbonyl (C=O) groups excluding carboxylic acids is 1. The zero-order valence-corrected chi connectivity index (χ0v) is 13.7. The molecule has 23 heavy (non-hydrogen) atoms. The van der Waals surface area contributed by atoms with Gasteiger partial charge >= 0.3 is 0 Å². The number of fused-ring (bicyclic) bond motifs is 1. The number of nitrogens with one attached hydrogen (secondary N) is 1. The van der Waals surface area contributed by atoms with Crippen molar-refractivity contribution in [1.82, 2.24) is 10.3 Å². The average Bonchev–Trinajstić information content (AvgIpc) is 2.71. The number of halogens is 2. The van der Waals surface area contributed by atoms with Gasteiger partial charge in [-0.05, 0) is 50.6 Å². The van der Waals surface area contributed by atoms with Gasteiger partial charge in [-0.25, -0.2) is 9.37 Å². The highest BCUT2D eigenvalue weighted by Gasteiger charge is 2.38. The Balaban J connectivity index is 2.32. The molecule has 2 heterocycles. The topological polar surface area (TPSA) is 62.2 Å². The summed E-state index contributed by atoms with van der Waals surface area (Å²) >= 11 is 5.86. The number of amides is 1. The first-order valence-corrected chi connectivity index (χ1v) is 7.60. The Hall–Kier alpha value is -1.98. The standard InChI is InChI=1S/C17H16ClFN2O2/c1-8(22)13-7-10-14(16(23)21-17(10,2)3)15(20-13)9-4-5-12(19)11(18)6-9/h4-8,22H,1-3H3,(H,21,23). The number of carbonyl (C=O) groups is 1. The second kappa shape index (κ2) is 5.28. The maximum absolute atomic E-state index is 13.4. The maximum atomic E-state index is 13.4. The van der Waals surface area contributed by atoms with Crippen LogP contribution >= 0.6 is 11.6 Å². The zero-order valence-electron chi connectivity index (χ0n) is 12.9. The van der Waals surface area contributed by atoms with E-state index in [9.17, 15) is 14.3 Å². The van der Waals surface area contributed by atoms with Crippen molar-refractivity contribution in [1.29, 1.82) is 0 Å². The van der Waals surface area contributed by atoms with Crippen LogP contribution in [0.5, 0.6) is 0 Å². The fourth-order valence-corrected chi connectivity index (χ4v) is 2.95. The molecule has 0 aliphatic carbocycles. The Morgan fingerprint density at radius 3 is 2.65 bits per heavy atom. The molecule has 1 aliphatic heterocycles. The van der Waals surface area contributed by atoms with E-state index in [0.717, 1.165) is 5.56 Å². The summed E-state index contributed by atoms with van der Waals surface area (Å²) < 4.78 is 13.4. The van der Waals surface area contributed by atoms with Crippen LogP contribution in [0.2, 0.25) is 5.02 Å². The lowest BCUT2D eigenvalue weighted by atomic mass is 9.91. The Morgan fingerprint density at radius 2 is 2.04 bits per heavy atom. The number of hydrogen-bond acceptors (Lipinski definition) is 3. The minimum absolute atomic E-state index is 0.0434. The van der Waals surface area contributed by atoms with Crippen molar-refractivity contribution in [3.05, 3.63) is 51.9 Å². The highest BCUT2D eigenvalue weighted by Crippen LogP contribution is 2.38. The first kappa shape index (κ1) is 15.9. The molecule has 1 amide bonds. The summed E-state index contributed by atoms with van der Waals surface area (Å²) in [5.41, 5.74) is 1.98. The van der Waals surface area contributed by atoms with E-state index in [1.807, 2.05) is 13.8 Å². The molecule has 6 heteroatoms. The van der Waals surface area contributed by atoms with Gasteiger partial charge in [-0.2, -0.15) is 0 Å². The Morgan fingerprint density at radius 1 is 1.35 bits per heavy atom. The monoisotopic (exact) mass is 334 g/mol. The van der Waals surface area contributed by atoms with Gasteiger partial charge in [-0.1, -0.05) is 11.6 Å². The normalized spacial score (nSPS) is 16.9. The molecule has 4 nitrogen and oxygen atoms in total. The molecule has 3 rings (SSSR count). The number of nitrogens with zero attached hydrogens (tertiary/aromatic N) is 1. The van der Waals surface area contributed by atoms with Crippen LogP contribution in [0.1, 0.15) is 48.5 Å². The van der Waals surface area contributed by atoms with Crippen LogP contribution in [0.25, 0.3) is 11.3 Å². The summed E-state index contributed by atoms with van der Waals surface area (Å²) in [5.74, 6) is -0.784. The maximum Gasteiger partial charge on any atom is 0.254 e. The predicted molar refractivity (Wildman–Crippen MR) is 85.8 cm³/mol. The fourth-order valence-electron chi connectivity index (χ4n) is 2.77. The van der Waals surface area contributed by atoms with Crippen molar-refractivity contribution in [2.45, 2.75) is 32.4 Å². The molecule has 0 saturated heterocycles. The van der Waals surface area contributed by atoms with Gasteiger partial charge in [0.25, 0.3) is 5.91 Å². The summed E-state index contributed by atoms with van der Waals surface area (Å²) in [6.45, 7) is 5.36. The molecule has 2 aromatic rings. The molecule has 0 fully saturated rings. The summed E-state index contributed by atoms with van der Waals surface area (Å²) in [7, 11) is 0. The minimum atomic E-state index is -0.790. The van der Waals surface area contributed by atoms with Crippen LogP contribution in [-0.2, 0) is 5.54 Å². The van der Waals surface area contributed by atoms with Crippen LogP contribution in [0.3, 0.4) is 0 Å². The van der Waals surface area contributed by atoms with E-state index in [-0.39, 0.29) is 10.9 Å². The molecule has 2 N–H and O–H groups in total.